The minimum Gasteiger partial charge on any atom is -0.396 e. The number of alkyl halides is 3. The zero-order chi connectivity index (χ0) is 17.9. The molecular weight excluding hydrogens is 332 g/mol. The fourth-order valence-electron chi connectivity index (χ4n) is 2.27. The molecule has 1 aliphatic carbocycles. The highest BCUT2D eigenvalue weighted by Crippen LogP contribution is 2.34. The van der Waals surface area contributed by atoms with Crippen LogP contribution in [0.1, 0.15) is 24.8 Å². The maximum absolute atomic E-state index is 13.6. The van der Waals surface area contributed by atoms with Crippen LogP contribution in [0, 0.1) is 11.7 Å². The van der Waals surface area contributed by atoms with Crippen molar-refractivity contribution in [1.82, 2.24) is 5.32 Å². The Morgan fingerprint density at radius 3 is 2.46 bits per heavy atom. The Labute approximate surface area is 135 Å². The van der Waals surface area contributed by atoms with Gasteiger partial charge in [-0.05, 0) is 43.4 Å². The van der Waals surface area contributed by atoms with Crippen LogP contribution >= 0.6 is 0 Å². The summed E-state index contributed by atoms with van der Waals surface area (Å²) in [6, 6.07) is 1.14. The summed E-state index contributed by atoms with van der Waals surface area (Å²) in [4.78, 5) is 23.6. The monoisotopic (exact) mass is 348 g/mol. The van der Waals surface area contributed by atoms with Gasteiger partial charge in [0.05, 0.1) is 11.3 Å². The third-order valence-electron chi connectivity index (χ3n) is 3.70. The Kier molecular flexibility index (Phi) is 5.43. The Morgan fingerprint density at radius 2 is 1.92 bits per heavy atom. The van der Waals surface area contributed by atoms with Crippen molar-refractivity contribution in [3.63, 3.8) is 0 Å². The second-order valence-corrected chi connectivity index (χ2v) is 5.58. The number of aliphatic hydroxyl groups is 1. The largest absolute Gasteiger partial charge is 0.416 e. The van der Waals surface area contributed by atoms with Gasteiger partial charge in [-0.2, -0.15) is 13.2 Å². The van der Waals surface area contributed by atoms with E-state index in [-0.39, 0.29) is 25.0 Å². The SMILES string of the molecule is O=C(Nc1cc(C(F)(F)F)ccc1F)C(=O)NC(CCO)C1CC1. The van der Waals surface area contributed by atoms with Gasteiger partial charge >= 0.3 is 18.0 Å². The van der Waals surface area contributed by atoms with Crippen LogP contribution in [0.2, 0.25) is 0 Å². The zero-order valence-electron chi connectivity index (χ0n) is 12.5. The van der Waals surface area contributed by atoms with Crippen LogP contribution in [0.3, 0.4) is 0 Å². The predicted octanol–water partition coefficient (Wildman–Crippen LogP) is 2.06. The number of hydrogen-bond donors (Lipinski definition) is 3. The van der Waals surface area contributed by atoms with Gasteiger partial charge in [-0.15, -0.1) is 0 Å². The van der Waals surface area contributed by atoms with Gasteiger partial charge in [0.2, 0.25) is 0 Å². The summed E-state index contributed by atoms with van der Waals surface area (Å²) < 4.78 is 51.4. The maximum Gasteiger partial charge on any atom is 0.416 e. The van der Waals surface area contributed by atoms with E-state index < -0.39 is 35.1 Å². The Hall–Kier alpha value is -2.16. The van der Waals surface area contributed by atoms with Crippen LogP contribution in [-0.2, 0) is 15.8 Å². The maximum atomic E-state index is 13.6. The lowest BCUT2D eigenvalue weighted by molar-refractivity contribution is -0.137. The molecule has 1 aliphatic rings. The quantitative estimate of drug-likeness (QED) is 0.563. The van der Waals surface area contributed by atoms with E-state index in [1.165, 1.54) is 0 Å². The number of hydrogen-bond acceptors (Lipinski definition) is 3. The first-order valence-electron chi connectivity index (χ1n) is 7.32. The fourth-order valence-corrected chi connectivity index (χ4v) is 2.27. The highest BCUT2D eigenvalue weighted by Gasteiger charge is 2.34. The topological polar surface area (TPSA) is 78.4 Å². The smallest absolute Gasteiger partial charge is 0.396 e. The number of carbonyl (C=O) groups excluding carboxylic acids is 2. The van der Waals surface area contributed by atoms with E-state index >= 15 is 0 Å². The molecule has 2 amide bonds. The summed E-state index contributed by atoms with van der Waals surface area (Å²) in [5, 5.41) is 13.2. The second kappa shape index (κ2) is 7.16. The number of halogens is 4. The Bertz CT molecular complexity index is 630. The molecule has 0 radical (unpaired) electrons. The summed E-state index contributed by atoms with van der Waals surface area (Å²) >= 11 is 0. The summed E-state index contributed by atoms with van der Waals surface area (Å²) in [7, 11) is 0. The number of aliphatic hydroxyl groups excluding tert-OH is 1. The van der Waals surface area contributed by atoms with Gasteiger partial charge in [0.25, 0.3) is 0 Å². The minimum absolute atomic E-state index is 0.166. The van der Waals surface area contributed by atoms with E-state index in [1.54, 1.807) is 0 Å². The van der Waals surface area contributed by atoms with E-state index in [4.69, 9.17) is 5.11 Å². The molecule has 1 aromatic carbocycles. The van der Waals surface area contributed by atoms with E-state index in [2.05, 4.69) is 5.32 Å². The average molecular weight is 348 g/mol. The van der Waals surface area contributed by atoms with Gasteiger partial charge in [-0.3, -0.25) is 9.59 Å². The summed E-state index contributed by atoms with van der Waals surface area (Å²) in [5.74, 6) is -3.27. The number of rotatable bonds is 5. The normalized spacial score (nSPS) is 15.7. The third-order valence-corrected chi connectivity index (χ3v) is 3.70. The van der Waals surface area contributed by atoms with Crippen molar-refractivity contribution in [2.75, 3.05) is 11.9 Å². The first-order chi connectivity index (χ1) is 11.2. The summed E-state index contributed by atoms with van der Waals surface area (Å²) in [6.07, 6.45) is -2.72. The number of anilines is 1. The summed E-state index contributed by atoms with van der Waals surface area (Å²) in [6.45, 7) is -0.175. The van der Waals surface area contributed by atoms with Crippen molar-refractivity contribution in [3.8, 4) is 0 Å². The van der Waals surface area contributed by atoms with Crippen molar-refractivity contribution in [2.45, 2.75) is 31.5 Å². The van der Waals surface area contributed by atoms with E-state index in [0.29, 0.717) is 18.2 Å². The fraction of sp³-hybridized carbons (Fsp3) is 0.467. The van der Waals surface area contributed by atoms with Crippen LogP contribution in [0.25, 0.3) is 0 Å². The van der Waals surface area contributed by atoms with Crippen LogP contribution in [0.4, 0.5) is 23.2 Å². The molecule has 3 N–H and O–H groups in total. The van der Waals surface area contributed by atoms with Gasteiger partial charge in [-0.25, -0.2) is 4.39 Å². The van der Waals surface area contributed by atoms with Crippen LogP contribution in [0.15, 0.2) is 18.2 Å². The molecule has 1 aromatic rings. The molecule has 1 fully saturated rings. The van der Waals surface area contributed by atoms with Gasteiger partial charge in [0.1, 0.15) is 5.82 Å². The van der Waals surface area contributed by atoms with Gasteiger partial charge in [-0.1, -0.05) is 0 Å². The number of carbonyl (C=O) groups is 2. The standard InChI is InChI=1S/C15H16F4N2O3/c16-10-4-3-9(15(17,18)19)7-12(10)21-14(24)13(23)20-11(5-6-22)8-1-2-8/h3-4,7-8,11,22H,1-2,5-6H2,(H,20,23)(H,21,24). The molecule has 24 heavy (non-hydrogen) atoms. The highest BCUT2D eigenvalue weighted by atomic mass is 19.4. The van der Waals surface area contributed by atoms with Crippen molar-refractivity contribution in [2.24, 2.45) is 5.92 Å². The first-order valence-corrected chi connectivity index (χ1v) is 7.32. The minimum atomic E-state index is -4.70. The number of nitrogens with one attached hydrogen (secondary N) is 2. The van der Waals surface area contributed by atoms with Gasteiger partial charge in [0.15, 0.2) is 0 Å². The first kappa shape index (κ1) is 18.2. The lowest BCUT2D eigenvalue weighted by atomic mass is 10.1. The molecular formula is C15H16F4N2O3. The second-order valence-electron chi connectivity index (χ2n) is 5.58. The van der Waals surface area contributed by atoms with Crippen molar-refractivity contribution in [3.05, 3.63) is 29.6 Å². The van der Waals surface area contributed by atoms with E-state index in [9.17, 15) is 27.2 Å². The van der Waals surface area contributed by atoms with Gasteiger partial charge in [0, 0.05) is 12.6 Å². The lowest BCUT2D eigenvalue weighted by Gasteiger charge is -2.17. The Balaban J connectivity index is 2.04. The number of amides is 2. The molecule has 5 nitrogen and oxygen atoms in total. The summed E-state index contributed by atoms with van der Waals surface area (Å²) in [5.41, 5.74) is -1.87. The molecule has 0 aliphatic heterocycles. The molecule has 1 atom stereocenters. The van der Waals surface area contributed by atoms with Crippen LogP contribution in [-0.4, -0.2) is 29.6 Å². The predicted molar refractivity (Wildman–Crippen MR) is 76.4 cm³/mol. The van der Waals surface area contributed by atoms with E-state index in [1.807, 2.05) is 5.32 Å². The molecule has 1 saturated carbocycles. The van der Waals surface area contributed by atoms with Crippen molar-refractivity contribution < 1.29 is 32.3 Å². The molecule has 0 bridgehead atoms. The molecule has 0 aromatic heterocycles. The molecule has 0 heterocycles. The van der Waals surface area contributed by atoms with Gasteiger partial charge < -0.3 is 15.7 Å². The molecule has 0 spiro atoms. The molecule has 132 valence electrons. The average Bonchev–Trinajstić information content (AvgIpc) is 3.32. The Morgan fingerprint density at radius 1 is 1.25 bits per heavy atom. The van der Waals surface area contributed by atoms with E-state index in [0.717, 1.165) is 12.8 Å². The van der Waals surface area contributed by atoms with Crippen LogP contribution in [0.5, 0.6) is 0 Å². The zero-order valence-corrected chi connectivity index (χ0v) is 12.5. The van der Waals surface area contributed by atoms with Crippen molar-refractivity contribution >= 4 is 17.5 Å². The molecule has 2 rings (SSSR count). The third kappa shape index (κ3) is 4.67. The molecule has 9 heteroatoms. The number of benzene rings is 1. The van der Waals surface area contributed by atoms with Crippen LogP contribution < -0.4 is 10.6 Å². The highest BCUT2D eigenvalue weighted by molar-refractivity contribution is 6.39. The molecule has 0 saturated heterocycles. The molecule has 1 unspecified atom stereocenters. The lowest BCUT2D eigenvalue weighted by Crippen LogP contribution is -2.43. The van der Waals surface area contributed by atoms with Crippen molar-refractivity contribution in [1.29, 1.82) is 0 Å².